The van der Waals surface area contributed by atoms with Gasteiger partial charge in [-0.05, 0) is 49.4 Å². The number of hydrogen-bond acceptors (Lipinski definition) is 4. The average molecular weight is 394 g/mol. The minimum atomic E-state index is -0.370. The van der Waals surface area contributed by atoms with Crippen molar-refractivity contribution in [2.75, 3.05) is 38.2 Å². The molecule has 0 atom stereocenters. The van der Waals surface area contributed by atoms with Gasteiger partial charge >= 0.3 is 0 Å². The van der Waals surface area contributed by atoms with E-state index in [1.165, 1.54) is 10.7 Å². The van der Waals surface area contributed by atoms with Gasteiger partial charge in [0, 0.05) is 37.6 Å². The fourth-order valence-electron chi connectivity index (χ4n) is 3.57. The smallest absolute Gasteiger partial charge is 0.274 e. The molecule has 2 heterocycles. The normalized spacial score (nSPS) is 14.2. The minimum Gasteiger partial charge on any atom is -0.497 e. The number of carbonyl (C=O) groups excluding carboxylic acids is 1. The first-order valence-electron chi connectivity index (χ1n) is 9.56. The van der Waals surface area contributed by atoms with Crippen LogP contribution >= 0.6 is 0 Å². The fourth-order valence-corrected chi connectivity index (χ4v) is 3.57. The molecule has 0 unspecified atom stereocenters. The summed E-state index contributed by atoms with van der Waals surface area (Å²) in [5, 5.41) is 4.37. The first kappa shape index (κ1) is 19.0. The van der Waals surface area contributed by atoms with Gasteiger partial charge in [-0.15, -0.1) is 0 Å². The average Bonchev–Trinajstić information content (AvgIpc) is 3.15. The van der Waals surface area contributed by atoms with E-state index in [0.717, 1.165) is 30.2 Å². The van der Waals surface area contributed by atoms with Crippen molar-refractivity contribution in [2.45, 2.75) is 6.92 Å². The van der Waals surface area contributed by atoms with Crippen LogP contribution in [0.4, 0.5) is 10.1 Å². The van der Waals surface area contributed by atoms with Crippen LogP contribution in [0.1, 0.15) is 16.2 Å². The molecule has 1 aliphatic heterocycles. The lowest BCUT2D eigenvalue weighted by Gasteiger charge is -2.35. The van der Waals surface area contributed by atoms with Crippen LogP contribution in [0, 0.1) is 12.7 Å². The van der Waals surface area contributed by atoms with Gasteiger partial charge < -0.3 is 14.5 Å². The molecule has 0 bridgehead atoms. The summed E-state index contributed by atoms with van der Waals surface area (Å²) in [7, 11) is 1.65. The largest absolute Gasteiger partial charge is 0.497 e. The van der Waals surface area contributed by atoms with Gasteiger partial charge in [-0.3, -0.25) is 4.79 Å². The maximum Gasteiger partial charge on any atom is 0.274 e. The van der Waals surface area contributed by atoms with Crippen molar-refractivity contribution in [3.63, 3.8) is 0 Å². The Kier molecular flexibility index (Phi) is 5.20. The van der Waals surface area contributed by atoms with E-state index in [-0.39, 0.29) is 11.7 Å². The molecule has 1 saturated heterocycles. The summed E-state index contributed by atoms with van der Waals surface area (Å²) in [4.78, 5) is 17.0. The number of anilines is 1. The van der Waals surface area contributed by atoms with Crippen molar-refractivity contribution in [2.24, 2.45) is 0 Å². The Bertz CT molecular complexity index is 1010. The maximum atomic E-state index is 14.1. The SMILES string of the molecule is COc1ccc(N2CCN(C(=O)c3cc(C)n(-c4ccccc4F)n3)CC2)cc1. The molecule has 1 fully saturated rings. The summed E-state index contributed by atoms with van der Waals surface area (Å²) in [6.45, 7) is 4.51. The van der Waals surface area contributed by atoms with E-state index < -0.39 is 0 Å². The topological polar surface area (TPSA) is 50.6 Å². The Morgan fingerprint density at radius 2 is 1.72 bits per heavy atom. The standard InChI is InChI=1S/C22H23FN4O2/c1-16-15-20(24-27(16)21-6-4-3-5-19(21)23)22(28)26-13-11-25(12-14-26)17-7-9-18(29-2)10-8-17/h3-10,15H,11-14H2,1-2H3. The Morgan fingerprint density at radius 3 is 2.38 bits per heavy atom. The van der Waals surface area contributed by atoms with E-state index in [1.807, 2.05) is 31.2 Å². The van der Waals surface area contributed by atoms with Crippen LogP contribution in [0.5, 0.6) is 5.75 Å². The van der Waals surface area contributed by atoms with Gasteiger partial charge in [0.2, 0.25) is 0 Å². The number of rotatable bonds is 4. The molecular formula is C22H23FN4O2. The van der Waals surface area contributed by atoms with Gasteiger partial charge in [0.25, 0.3) is 5.91 Å². The van der Waals surface area contributed by atoms with E-state index in [2.05, 4.69) is 10.00 Å². The van der Waals surface area contributed by atoms with E-state index >= 15 is 0 Å². The molecule has 29 heavy (non-hydrogen) atoms. The lowest BCUT2D eigenvalue weighted by Crippen LogP contribution is -2.48. The molecule has 2 aromatic carbocycles. The summed E-state index contributed by atoms with van der Waals surface area (Å²) in [6.07, 6.45) is 0. The van der Waals surface area contributed by atoms with Gasteiger partial charge in [-0.25, -0.2) is 9.07 Å². The third-order valence-electron chi connectivity index (χ3n) is 5.19. The summed E-state index contributed by atoms with van der Waals surface area (Å²) in [6, 6.07) is 16.0. The molecule has 0 radical (unpaired) electrons. The van der Waals surface area contributed by atoms with E-state index in [4.69, 9.17) is 4.74 Å². The monoisotopic (exact) mass is 394 g/mol. The Morgan fingerprint density at radius 1 is 1.03 bits per heavy atom. The number of piperazine rings is 1. The van der Waals surface area contributed by atoms with Crippen LogP contribution in [0.2, 0.25) is 0 Å². The lowest BCUT2D eigenvalue weighted by molar-refractivity contribution is 0.0740. The number of para-hydroxylation sites is 1. The molecule has 0 spiro atoms. The first-order chi connectivity index (χ1) is 14.1. The first-order valence-corrected chi connectivity index (χ1v) is 9.56. The van der Waals surface area contributed by atoms with Gasteiger partial charge in [0.15, 0.2) is 5.69 Å². The number of aryl methyl sites for hydroxylation is 1. The van der Waals surface area contributed by atoms with Crippen molar-refractivity contribution in [1.82, 2.24) is 14.7 Å². The molecule has 4 rings (SSSR count). The number of amides is 1. The van der Waals surface area contributed by atoms with Gasteiger partial charge in [0.1, 0.15) is 17.3 Å². The number of halogens is 1. The molecule has 0 aliphatic carbocycles. The zero-order valence-corrected chi connectivity index (χ0v) is 16.5. The molecule has 6 nitrogen and oxygen atoms in total. The minimum absolute atomic E-state index is 0.127. The van der Waals surface area contributed by atoms with E-state index in [0.29, 0.717) is 24.5 Å². The predicted molar refractivity (Wildman–Crippen MR) is 109 cm³/mol. The van der Waals surface area contributed by atoms with Crippen LogP contribution in [0.3, 0.4) is 0 Å². The highest BCUT2D eigenvalue weighted by Gasteiger charge is 2.25. The number of carbonyl (C=O) groups is 1. The van der Waals surface area contributed by atoms with Gasteiger partial charge in [-0.1, -0.05) is 12.1 Å². The lowest BCUT2D eigenvalue weighted by atomic mass is 10.2. The zero-order valence-electron chi connectivity index (χ0n) is 16.5. The van der Waals surface area contributed by atoms with E-state index in [1.54, 1.807) is 36.3 Å². The maximum absolute atomic E-state index is 14.1. The molecule has 1 aromatic heterocycles. The summed E-state index contributed by atoms with van der Waals surface area (Å²) in [5.74, 6) is 0.326. The van der Waals surface area contributed by atoms with Crippen LogP contribution in [0.25, 0.3) is 5.69 Å². The third kappa shape index (κ3) is 3.81. The predicted octanol–water partition coefficient (Wildman–Crippen LogP) is 3.29. The molecule has 3 aromatic rings. The van der Waals surface area contributed by atoms with E-state index in [9.17, 15) is 9.18 Å². The number of hydrogen-bond donors (Lipinski definition) is 0. The van der Waals surface area contributed by atoms with Crippen molar-refractivity contribution >= 4 is 11.6 Å². The second-order valence-electron chi connectivity index (χ2n) is 7.01. The highest BCUT2D eigenvalue weighted by atomic mass is 19.1. The molecule has 150 valence electrons. The van der Waals surface area contributed by atoms with Crippen molar-refractivity contribution in [3.05, 3.63) is 71.8 Å². The van der Waals surface area contributed by atoms with Crippen LogP contribution in [-0.2, 0) is 0 Å². The highest BCUT2D eigenvalue weighted by Crippen LogP contribution is 2.21. The summed E-state index contributed by atoms with van der Waals surface area (Å²) < 4.78 is 20.8. The third-order valence-corrected chi connectivity index (χ3v) is 5.19. The summed E-state index contributed by atoms with van der Waals surface area (Å²) in [5.41, 5.74) is 2.50. The zero-order chi connectivity index (χ0) is 20.4. The number of nitrogens with zero attached hydrogens (tertiary/aromatic N) is 4. The number of aromatic nitrogens is 2. The van der Waals surface area contributed by atoms with Gasteiger partial charge in [0.05, 0.1) is 7.11 Å². The summed E-state index contributed by atoms with van der Waals surface area (Å²) >= 11 is 0. The molecule has 7 heteroatoms. The Hall–Kier alpha value is -3.35. The number of methoxy groups -OCH3 is 1. The van der Waals surface area contributed by atoms with Crippen molar-refractivity contribution in [1.29, 1.82) is 0 Å². The Balaban J connectivity index is 1.45. The second-order valence-corrected chi connectivity index (χ2v) is 7.01. The highest BCUT2D eigenvalue weighted by molar-refractivity contribution is 5.92. The molecule has 1 aliphatic rings. The quantitative estimate of drug-likeness (QED) is 0.681. The van der Waals surface area contributed by atoms with Crippen LogP contribution in [-0.4, -0.2) is 53.9 Å². The van der Waals surface area contributed by atoms with Gasteiger partial charge in [-0.2, -0.15) is 5.10 Å². The fraction of sp³-hybridized carbons (Fsp3) is 0.273. The van der Waals surface area contributed by atoms with Crippen LogP contribution < -0.4 is 9.64 Å². The molecule has 0 N–H and O–H groups in total. The number of ether oxygens (including phenoxy) is 1. The number of benzene rings is 2. The molecular weight excluding hydrogens is 371 g/mol. The molecule has 1 amide bonds. The second kappa shape index (κ2) is 7.95. The van der Waals surface area contributed by atoms with Crippen molar-refractivity contribution < 1.29 is 13.9 Å². The Labute approximate surface area is 169 Å². The van der Waals surface area contributed by atoms with Crippen molar-refractivity contribution in [3.8, 4) is 11.4 Å². The van der Waals surface area contributed by atoms with Crippen LogP contribution in [0.15, 0.2) is 54.6 Å². The molecule has 0 saturated carbocycles.